The van der Waals surface area contributed by atoms with E-state index in [9.17, 15) is 4.79 Å². The Morgan fingerprint density at radius 3 is 2.68 bits per heavy atom. The summed E-state index contributed by atoms with van der Waals surface area (Å²) in [6.45, 7) is 0.460. The van der Waals surface area contributed by atoms with E-state index in [1.54, 1.807) is 12.4 Å². The van der Waals surface area contributed by atoms with Crippen LogP contribution in [0.25, 0.3) is 0 Å². The van der Waals surface area contributed by atoms with E-state index in [4.69, 9.17) is 16.0 Å². The van der Waals surface area contributed by atoms with Crippen molar-refractivity contribution in [3.05, 3.63) is 76.7 Å². The van der Waals surface area contributed by atoms with E-state index >= 15 is 0 Å². The highest BCUT2D eigenvalue weighted by Crippen LogP contribution is 2.48. The minimum Gasteiger partial charge on any atom is -0.424 e. The number of carbonyl (C=O) groups is 1. The number of aromatic nitrogens is 3. The van der Waals surface area contributed by atoms with Crippen LogP contribution in [0.2, 0.25) is 5.02 Å². The summed E-state index contributed by atoms with van der Waals surface area (Å²) in [5, 5.41) is 12.0. The van der Waals surface area contributed by atoms with E-state index < -0.39 is 0 Å². The molecule has 2 aromatic heterocycles. The minimum absolute atomic E-state index is 0.0559. The van der Waals surface area contributed by atoms with Gasteiger partial charge in [0.15, 0.2) is 0 Å². The van der Waals surface area contributed by atoms with Gasteiger partial charge in [0.05, 0.1) is 5.41 Å². The van der Waals surface area contributed by atoms with Gasteiger partial charge in [-0.2, -0.15) is 0 Å². The maximum absolute atomic E-state index is 12.1. The third kappa shape index (κ3) is 3.92. The zero-order chi connectivity index (χ0) is 19.4. The largest absolute Gasteiger partial charge is 0.424 e. The van der Waals surface area contributed by atoms with E-state index in [2.05, 4.69) is 20.5 Å². The van der Waals surface area contributed by atoms with Crippen LogP contribution < -0.4 is 5.32 Å². The van der Waals surface area contributed by atoms with Crippen LogP contribution in [0.3, 0.4) is 0 Å². The lowest BCUT2D eigenvalue weighted by Crippen LogP contribution is -2.35. The first-order valence-electron chi connectivity index (χ1n) is 9.40. The number of benzene rings is 1. The lowest BCUT2D eigenvalue weighted by molar-refractivity contribution is -0.121. The molecule has 0 spiro atoms. The normalized spacial score (nSPS) is 15.0. The molecule has 0 radical (unpaired) electrons. The summed E-state index contributed by atoms with van der Waals surface area (Å²) in [4.78, 5) is 16.1. The third-order valence-electron chi connectivity index (χ3n) is 5.26. The van der Waals surface area contributed by atoms with Crippen molar-refractivity contribution in [2.75, 3.05) is 0 Å². The average Bonchev–Trinajstić information content (AvgIpc) is 3.15. The number of nitrogens with zero attached hydrogens (tertiary/aromatic N) is 3. The van der Waals surface area contributed by atoms with Crippen LogP contribution in [-0.4, -0.2) is 21.1 Å². The Labute approximate surface area is 168 Å². The number of nitrogens with one attached hydrogen (secondary N) is 1. The second-order valence-corrected chi connectivity index (χ2v) is 7.52. The number of rotatable bonds is 7. The van der Waals surface area contributed by atoms with E-state index in [1.165, 1.54) is 0 Å². The summed E-state index contributed by atoms with van der Waals surface area (Å²) < 4.78 is 5.94. The van der Waals surface area contributed by atoms with Crippen molar-refractivity contribution in [3.63, 3.8) is 0 Å². The van der Waals surface area contributed by atoms with Crippen molar-refractivity contribution >= 4 is 17.5 Å². The number of pyridine rings is 1. The number of aryl methyl sites for hydroxylation is 1. The highest BCUT2D eigenvalue weighted by molar-refractivity contribution is 6.30. The van der Waals surface area contributed by atoms with Crippen LogP contribution in [0.1, 0.15) is 48.6 Å². The Morgan fingerprint density at radius 1 is 1.18 bits per heavy atom. The molecule has 6 nitrogen and oxygen atoms in total. The summed E-state index contributed by atoms with van der Waals surface area (Å²) in [6, 6.07) is 11.6. The van der Waals surface area contributed by atoms with Gasteiger partial charge in [-0.1, -0.05) is 36.2 Å². The van der Waals surface area contributed by atoms with E-state index in [0.29, 0.717) is 36.2 Å². The fourth-order valence-electron chi connectivity index (χ4n) is 3.49. The fraction of sp³-hybridized carbons (Fsp3) is 0.333. The van der Waals surface area contributed by atoms with Crippen molar-refractivity contribution < 1.29 is 9.21 Å². The summed E-state index contributed by atoms with van der Waals surface area (Å²) in [6.07, 6.45) is 7.23. The molecule has 28 heavy (non-hydrogen) atoms. The van der Waals surface area contributed by atoms with Gasteiger partial charge in [0.2, 0.25) is 17.7 Å². The average molecular weight is 397 g/mol. The minimum atomic E-state index is -0.224. The van der Waals surface area contributed by atoms with Crippen molar-refractivity contribution in [1.29, 1.82) is 0 Å². The molecule has 0 unspecified atom stereocenters. The maximum atomic E-state index is 12.1. The predicted octanol–water partition coefficient (Wildman–Crippen LogP) is 3.84. The van der Waals surface area contributed by atoms with Crippen LogP contribution in [-0.2, 0) is 23.2 Å². The molecule has 1 N–H and O–H groups in total. The van der Waals surface area contributed by atoms with Gasteiger partial charge < -0.3 is 9.73 Å². The van der Waals surface area contributed by atoms with Gasteiger partial charge in [0.1, 0.15) is 0 Å². The number of halogens is 1. The molecular formula is C21H21ClN4O2. The Balaban J connectivity index is 1.36. The standard InChI is InChI=1S/C21H21ClN4O2/c22-17-6-4-16(5-7-17)21(10-2-11-21)20-26-25-19(28-20)9-8-18(27)24-14-15-3-1-12-23-13-15/h1,3-7,12-13H,2,8-11,14H2,(H,24,27). The van der Waals surface area contributed by atoms with Crippen LogP contribution in [0.5, 0.6) is 0 Å². The summed E-state index contributed by atoms with van der Waals surface area (Å²) >= 11 is 6.02. The zero-order valence-electron chi connectivity index (χ0n) is 15.4. The van der Waals surface area contributed by atoms with Crippen molar-refractivity contribution in [2.45, 2.75) is 44.1 Å². The molecule has 1 aromatic carbocycles. The lowest BCUT2D eigenvalue weighted by Gasteiger charge is -2.39. The number of amides is 1. The first-order valence-corrected chi connectivity index (χ1v) is 9.78. The first-order chi connectivity index (χ1) is 13.7. The molecule has 4 rings (SSSR count). The molecule has 1 fully saturated rings. The van der Waals surface area contributed by atoms with E-state index in [1.807, 2.05) is 36.4 Å². The Hall–Kier alpha value is -2.73. The molecule has 0 aliphatic heterocycles. The topological polar surface area (TPSA) is 80.9 Å². The zero-order valence-corrected chi connectivity index (χ0v) is 16.2. The van der Waals surface area contributed by atoms with E-state index in [-0.39, 0.29) is 11.3 Å². The molecule has 2 heterocycles. The van der Waals surface area contributed by atoms with Crippen LogP contribution in [0.15, 0.2) is 53.2 Å². The highest BCUT2D eigenvalue weighted by atomic mass is 35.5. The van der Waals surface area contributed by atoms with E-state index in [0.717, 1.165) is 30.4 Å². The number of hydrogen-bond donors (Lipinski definition) is 1. The van der Waals surface area contributed by atoms with Crippen LogP contribution >= 0.6 is 11.6 Å². The smallest absolute Gasteiger partial charge is 0.227 e. The van der Waals surface area contributed by atoms with Crippen molar-refractivity contribution in [3.8, 4) is 0 Å². The second-order valence-electron chi connectivity index (χ2n) is 7.08. The Bertz CT molecular complexity index is 937. The molecule has 7 heteroatoms. The quantitative estimate of drug-likeness (QED) is 0.656. The lowest BCUT2D eigenvalue weighted by atomic mass is 9.64. The van der Waals surface area contributed by atoms with Crippen molar-refractivity contribution in [2.24, 2.45) is 0 Å². The monoisotopic (exact) mass is 396 g/mol. The highest BCUT2D eigenvalue weighted by Gasteiger charge is 2.45. The molecule has 144 valence electrons. The Kier molecular flexibility index (Phi) is 5.39. The molecule has 1 aliphatic rings. The summed E-state index contributed by atoms with van der Waals surface area (Å²) in [5.74, 6) is 1.07. The molecular weight excluding hydrogens is 376 g/mol. The van der Waals surface area contributed by atoms with Crippen molar-refractivity contribution in [1.82, 2.24) is 20.5 Å². The van der Waals surface area contributed by atoms with Gasteiger partial charge in [-0.15, -0.1) is 10.2 Å². The van der Waals surface area contributed by atoms with Gasteiger partial charge in [0, 0.05) is 36.8 Å². The molecule has 1 amide bonds. The second kappa shape index (κ2) is 8.10. The van der Waals surface area contributed by atoms with Gasteiger partial charge in [-0.25, -0.2) is 0 Å². The molecule has 0 bridgehead atoms. The first kappa shape index (κ1) is 18.6. The molecule has 1 aliphatic carbocycles. The predicted molar refractivity (Wildman–Crippen MR) is 105 cm³/mol. The number of carbonyl (C=O) groups excluding carboxylic acids is 1. The van der Waals surface area contributed by atoms with Crippen LogP contribution in [0.4, 0.5) is 0 Å². The fourth-order valence-corrected chi connectivity index (χ4v) is 3.61. The SMILES string of the molecule is O=C(CCc1nnc(C2(c3ccc(Cl)cc3)CCC2)o1)NCc1cccnc1. The maximum Gasteiger partial charge on any atom is 0.227 e. The summed E-state index contributed by atoms with van der Waals surface area (Å²) in [5.41, 5.74) is 1.89. The molecule has 3 aromatic rings. The number of hydrogen-bond acceptors (Lipinski definition) is 5. The van der Waals surface area contributed by atoms with Gasteiger partial charge in [0.25, 0.3) is 0 Å². The Morgan fingerprint density at radius 2 is 2.00 bits per heavy atom. The molecule has 0 atom stereocenters. The summed E-state index contributed by atoms with van der Waals surface area (Å²) in [7, 11) is 0. The van der Waals surface area contributed by atoms with Gasteiger partial charge in [-0.3, -0.25) is 9.78 Å². The van der Waals surface area contributed by atoms with Gasteiger partial charge in [-0.05, 0) is 42.2 Å². The van der Waals surface area contributed by atoms with Gasteiger partial charge >= 0.3 is 0 Å². The molecule has 0 saturated heterocycles. The third-order valence-corrected chi connectivity index (χ3v) is 5.51. The molecule has 1 saturated carbocycles. The van der Waals surface area contributed by atoms with Crippen LogP contribution in [0, 0.1) is 0 Å².